The molecule has 0 unspecified atom stereocenters. The van der Waals surface area contributed by atoms with Crippen LogP contribution in [0.1, 0.15) is 36.8 Å². The first kappa shape index (κ1) is 12.8. The molecule has 0 amide bonds. The average Bonchev–Trinajstić information content (AvgIpc) is 2.93. The molecule has 0 aliphatic carbocycles. The van der Waals surface area contributed by atoms with Crippen LogP contribution >= 0.6 is 0 Å². The third kappa shape index (κ3) is 3.16. The Morgan fingerprint density at radius 3 is 2.94 bits per heavy atom. The van der Waals surface area contributed by atoms with Gasteiger partial charge in [0, 0.05) is 38.3 Å². The van der Waals surface area contributed by atoms with Crippen LogP contribution in [0.25, 0.3) is 0 Å². The monoisotopic (exact) mass is 248 g/mol. The number of nitrogens with one attached hydrogen (secondary N) is 2. The maximum Gasteiger partial charge on any atom is 0.137 e. The third-order valence-electron chi connectivity index (χ3n) is 2.80. The van der Waals surface area contributed by atoms with Gasteiger partial charge in [-0.05, 0) is 5.92 Å². The molecule has 18 heavy (non-hydrogen) atoms. The van der Waals surface area contributed by atoms with E-state index in [9.17, 15) is 0 Å². The SMILES string of the molecule is CC(C)c1nn(C)cc1CNCCc1ncn[nH]1. The van der Waals surface area contributed by atoms with Crippen molar-refractivity contribution in [2.75, 3.05) is 6.54 Å². The largest absolute Gasteiger partial charge is 0.312 e. The van der Waals surface area contributed by atoms with Gasteiger partial charge >= 0.3 is 0 Å². The second kappa shape index (κ2) is 5.77. The third-order valence-corrected chi connectivity index (χ3v) is 2.80. The molecule has 2 rings (SSSR count). The highest BCUT2D eigenvalue weighted by atomic mass is 15.3. The van der Waals surface area contributed by atoms with Crippen LogP contribution in [0.2, 0.25) is 0 Å². The zero-order chi connectivity index (χ0) is 13.0. The van der Waals surface area contributed by atoms with E-state index in [0.717, 1.165) is 25.3 Å². The lowest BCUT2D eigenvalue weighted by Gasteiger charge is -2.06. The fraction of sp³-hybridized carbons (Fsp3) is 0.583. The van der Waals surface area contributed by atoms with E-state index in [1.807, 2.05) is 11.7 Å². The van der Waals surface area contributed by atoms with Crippen LogP contribution in [-0.2, 0) is 20.0 Å². The first-order valence-electron chi connectivity index (χ1n) is 6.24. The molecular weight excluding hydrogens is 228 g/mol. The van der Waals surface area contributed by atoms with E-state index in [1.165, 1.54) is 17.6 Å². The highest BCUT2D eigenvalue weighted by Gasteiger charge is 2.10. The Balaban J connectivity index is 1.83. The van der Waals surface area contributed by atoms with E-state index in [4.69, 9.17) is 0 Å². The summed E-state index contributed by atoms with van der Waals surface area (Å²) < 4.78 is 1.88. The van der Waals surface area contributed by atoms with Crippen LogP contribution in [0.4, 0.5) is 0 Å². The molecule has 2 aromatic heterocycles. The first-order chi connectivity index (χ1) is 8.66. The van der Waals surface area contributed by atoms with Crippen molar-refractivity contribution in [1.82, 2.24) is 30.3 Å². The van der Waals surface area contributed by atoms with Crippen LogP contribution in [-0.4, -0.2) is 31.5 Å². The maximum atomic E-state index is 4.49. The lowest BCUT2D eigenvalue weighted by atomic mass is 10.1. The summed E-state index contributed by atoms with van der Waals surface area (Å²) >= 11 is 0. The van der Waals surface area contributed by atoms with Gasteiger partial charge in [-0.1, -0.05) is 13.8 Å². The molecule has 0 bridgehead atoms. The second-order valence-electron chi connectivity index (χ2n) is 4.73. The molecule has 2 N–H and O–H groups in total. The summed E-state index contributed by atoms with van der Waals surface area (Å²) in [6, 6.07) is 0. The molecule has 6 nitrogen and oxygen atoms in total. The van der Waals surface area contributed by atoms with Gasteiger partial charge in [0.05, 0.1) is 5.69 Å². The van der Waals surface area contributed by atoms with Gasteiger partial charge in [0.15, 0.2) is 0 Å². The van der Waals surface area contributed by atoms with E-state index < -0.39 is 0 Å². The number of hydrogen-bond donors (Lipinski definition) is 2. The lowest BCUT2D eigenvalue weighted by molar-refractivity contribution is 0.661. The fourth-order valence-corrected chi connectivity index (χ4v) is 1.96. The molecule has 0 radical (unpaired) electrons. The minimum Gasteiger partial charge on any atom is -0.312 e. The van der Waals surface area contributed by atoms with Gasteiger partial charge < -0.3 is 5.32 Å². The van der Waals surface area contributed by atoms with Crippen molar-refractivity contribution >= 4 is 0 Å². The predicted octanol–water partition coefficient (Wildman–Crippen LogP) is 0.994. The van der Waals surface area contributed by atoms with Crippen LogP contribution in [0, 0.1) is 0 Å². The first-order valence-corrected chi connectivity index (χ1v) is 6.24. The lowest BCUT2D eigenvalue weighted by Crippen LogP contribution is -2.18. The zero-order valence-corrected chi connectivity index (χ0v) is 11.1. The van der Waals surface area contributed by atoms with E-state index >= 15 is 0 Å². The zero-order valence-electron chi connectivity index (χ0n) is 11.1. The molecule has 2 aromatic rings. The van der Waals surface area contributed by atoms with Crippen molar-refractivity contribution in [3.63, 3.8) is 0 Å². The summed E-state index contributed by atoms with van der Waals surface area (Å²) in [6.45, 7) is 6.05. The minimum atomic E-state index is 0.456. The van der Waals surface area contributed by atoms with E-state index in [2.05, 4.69) is 45.6 Å². The van der Waals surface area contributed by atoms with Gasteiger partial charge in [-0.15, -0.1) is 0 Å². The highest BCUT2D eigenvalue weighted by Crippen LogP contribution is 2.16. The van der Waals surface area contributed by atoms with Gasteiger partial charge in [-0.25, -0.2) is 4.98 Å². The molecule has 6 heteroatoms. The van der Waals surface area contributed by atoms with Crippen LogP contribution in [0.15, 0.2) is 12.5 Å². The maximum absolute atomic E-state index is 4.49. The van der Waals surface area contributed by atoms with E-state index in [1.54, 1.807) is 0 Å². The normalized spacial score (nSPS) is 11.3. The molecule has 0 saturated heterocycles. The van der Waals surface area contributed by atoms with Gasteiger partial charge in [-0.2, -0.15) is 10.2 Å². The number of H-pyrrole nitrogens is 1. The Bertz CT molecular complexity index is 471. The number of hydrogen-bond acceptors (Lipinski definition) is 4. The quantitative estimate of drug-likeness (QED) is 0.748. The molecular formula is C12H20N6. The Labute approximate surface area is 107 Å². The molecule has 0 fully saturated rings. The van der Waals surface area contributed by atoms with E-state index in [0.29, 0.717) is 5.92 Å². The fourth-order valence-electron chi connectivity index (χ4n) is 1.96. The van der Waals surface area contributed by atoms with Crippen LogP contribution < -0.4 is 5.32 Å². The van der Waals surface area contributed by atoms with Crippen molar-refractivity contribution < 1.29 is 0 Å². The summed E-state index contributed by atoms with van der Waals surface area (Å²) in [7, 11) is 1.96. The Morgan fingerprint density at radius 1 is 1.44 bits per heavy atom. The molecule has 0 atom stereocenters. The topological polar surface area (TPSA) is 71.4 Å². The van der Waals surface area contributed by atoms with Crippen molar-refractivity contribution in [2.45, 2.75) is 32.7 Å². The molecule has 0 aliphatic rings. The number of nitrogens with zero attached hydrogens (tertiary/aromatic N) is 4. The molecule has 0 aromatic carbocycles. The number of aromatic amines is 1. The van der Waals surface area contributed by atoms with Crippen molar-refractivity contribution in [2.24, 2.45) is 7.05 Å². The van der Waals surface area contributed by atoms with E-state index in [-0.39, 0.29) is 0 Å². The van der Waals surface area contributed by atoms with Crippen molar-refractivity contribution in [3.8, 4) is 0 Å². The number of rotatable bonds is 6. The molecule has 0 spiro atoms. The molecule has 0 aliphatic heterocycles. The van der Waals surface area contributed by atoms with Gasteiger partial charge in [0.2, 0.25) is 0 Å². The number of aromatic nitrogens is 5. The average molecular weight is 248 g/mol. The Kier molecular flexibility index (Phi) is 4.09. The highest BCUT2D eigenvalue weighted by molar-refractivity contribution is 5.19. The molecule has 2 heterocycles. The standard InChI is InChI=1S/C12H20N6/c1-9(2)12-10(7-18(3)17-12)6-13-5-4-11-14-8-15-16-11/h7-9,13H,4-6H2,1-3H3,(H,14,15,16). The van der Waals surface area contributed by atoms with Crippen molar-refractivity contribution in [1.29, 1.82) is 0 Å². The van der Waals surface area contributed by atoms with Crippen LogP contribution in [0.5, 0.6) is 0 Å². The number of aryl methyl sites for hydroxylation is 1. The summed E-state index contributed by atoms with van der Waals surface area (Å²) in [5.74, 6) is 1.37. The summed E-state index contributed by atoms with van der Waals surface area (Å²) in [4.78, 5) is 4.09. The minimum absolute atomic E-state index is 0.456. The Hall–Kier alpha value is -1.69. The van der Waals surface area contributed by atoms with Gasteiger partial charge in [0.25, 0.3) is 0 Å². The van der Waals surface area contributed by atoms with Crippen molar-refractivity contribution in [3.05, 3.63) is 29.6 Å². The Morgan fingerprint density at radius 2 is 2.28 bits per heavy atom. The predicted molar refractivity (Wildman–Crippen MR) is 69.1 cm³/mol. The van der Waals surface area contributed by atoms with Gasteiger partial charge in [0.1, 0.15) is 12.2 Å². The summed E-state index contributed by atoms with van der Waals surface area (Å²) in [6.07, 6.45) is 4.47. The second-order valence-corrected chi connectivity index (χ2v) is 4.73. The summed E-state index contributed by atoms with van der Waals surface area (Å²) in [5.41, 5.74) is 2.44. The molecule has 98 valence electrons. The van der Waals surface area contributed by atoms with Crippen LogP contribution in [0.3, 0.4) is 0 Å². The smallest absolute Gasteiger partial charge is 0.137 e. The van der Waals surface area contributed by atoms with Gasteiger partial charge in [-0.3, -0.25) is 9.78 Å². The molecule has 0 saturated carbocycles. The summed E-state index contributed by atoms with van der Waals surface area (Å²) in [5, 5.41) is 14.6.